The summed E-state index contributed by atoms with van der Waals surface area (Å²) in [6.45, 7) is -0.872. The van der Waals surface area contributed by atoms with Crippen LogP contribution in [0.5, 0.6) is 0 Å². The highest BCUT2D eigenvalue weighted by molar-refractivity contribution is 8.00. The fourth-order valence-electron chi connectivity index (χ4n) is 4.63. The number of rotatable bonds is 5. The van der Waals surface area contributed by atoms with E-state index in [2.05, 4.69) is 10.3 Å². The molecule has 11 N–H and O–H groups in total. The van der Waals surface area contributed by atoms with Crippen molar-refractivity contribution in [2.75, 3.05) is 12.4 Å². The van der Waals surface area contributed by atoms with Crippen LogP contribution in [0.4, 0.5) is 0 Å². The van der Waals surface area contributed by atoms with Crippen molar-refractivity contribution in [3.63, 3.8) is 0 Å². The highest BCUT2D eigenvalue weighted by atomic mass is 32.2. The maximum absolute atomic E-state index is 11.0. The Balaban J connectivity index is 1.78. The Morgan fingerprint density at radius 3 is 2.57 bits per heavy atom. The first-order valence-electron chi connectivity index (χ1n) is 8.50. The van der Waals surface area contributed by atoms with Crippen molar-refractivity contribution >= 4 is 23.7 Å². The minimum absolute atomic E-state index is 0.0932. The molecule has 1 saturated carbocycles. The molecule has 0 radical (unpaired) electrons. The predicted molar refractivity (Wildman–Crippen MR) is 91.6 cm³/mol. The number of nitrogens with one attached hydrogen (secondary N) is 1. The molecule has 5 rings (SSSR count). The van der Waals surface area contributed by atoms with Crippen LogP contribution in [0.3, 0.4) is 0 Å². The lowest BCUT2D eigenvalue weighted by Gasteiger charge is -2.71. The number of carboxylic acid groups (broad SMARTS) is 1. The van der Waals surface area contributed by atoms with Crippen molar-refractivity contribution in [2.45, 2.75) is 52.9 Å². The molecule has 0 amide bonds. The molecule has 158 valence electrons. The van der Waals surface area contributed by atoms with Gasteiger partial charge in [-0.2, -0.15) is 0 Å². The van der Waals surface area contributed by atoms with Gasteiger partial charge in [-0.3, -0.25) is 4.79 Å². The number of ether oxygens (including phenoxy) is 2. The summed E-state index contributed by atoms with van der Waals surface area (Å²) in [6.07, 6.45) is -6.27. The number of nitrogens with two attached hydrogens (primary N) is 2. The maximum atomic E-state index is 11.0. The van der Waals surface area contributed by atoms with Gasteiger partial charge in [-0.25, -0.2) is 4.99 Å². The molecule has 0 unspecified atom stereocenters. The highest BCUT2D eigenvalue weighted by Gasteiger charge is 2.82. The third-order valence-corrected chi connectivity index (χ3v) is 7.26. The number of thioether (sulfide) groups is 1. The van der Waals surface area contributed by atoms with Crippen molar-refractivity contribution in [1.29, 1.82) is 0 Å². The topological polar surface area (TPSA) is 233 Å². The lowest BCUT2D eigenvalue weighted by molar-refractivity contribution is -0.545. The molecule has 4 heterocycles. The number of carboxylic acids is 1. The minimum Gasteiger partial charge on any atom is -0.480 e. The molecule has 1 aliphatic carbocycles. The Labute approximate surface area is 162 Å². The van der Waals surface area contributed by atoms with E-state index < -0.39 is 71.4 Å². The predicted octanol–water partition coefficient (Wildman–Crippen LogP) is -5.37. The third-order valence-electron chi connectivity index (χ3n) is 5.96. The number of hydrogen-bond acceptors (Lipinski definition) is 13. The lowest BCUT2D eigenvalue weighted by Crippen LogP contribution is -2.95. The zero-order valence-corrected chi connectivity index (χ0v) is 15.2. The molecule has 0 aromatic heterocycles. The standard InChI is InChI=1S/C14H22N4O9S/c15-3(9(21)22)1-28-8-4-6-12(24,2-19)7-5(20)13(4,18-11(16)17-8)10(23)14(25,26-6)27-7/h3-8,10,19-20,23-25H,1-2,15H2,(H,21,22)(H3,16,17,18)/t3-,4+,5+,6+,7-,8+,10-,12-,13+,14-/m0/s1. The first kappa shape index (κ1) is 20.1. The van der Waals surface area contributed by atoms with Crippen LogP contribution < -0.4 is 16.8 Å². The van der Waals surface area contributed by atoms with Gasteiger partial charge in [-0.05, 0) is 0 Å². The fourth-order valence-corrected chi connectivity index (χ4v) is 5.94. The van der Waals surface area contributed by atoms with E-state index in [1.807, 2.05) is 0 Å². The molecule has 4 fully saturated rings. The molecule has 3 saturated heterocycles. The van der Waals surface area contributed by atoms with Gasteiger partial charge in [0.25, 0.3) is 0 Å². The molecule has 5 aliphatic rings. The van der Waals surface area contributed by atoms with E-state index in [1.54, 1.807) is 0 Å². The van der Waals surface area contributed by atoms with E-state index in [4.69, 9.17) is 26.0 Å². The summed E-state index contributed by atoms with van der Waals surface area (Å²) < 4.78 is 10.6. The third kappa shape index (κ3) is 2.31. The van der Waals surface area contributed by atoms with E-state index in [0.29, 0.717) is 0 Å². The second kappa shape index (κ2) is 6.13. The Morgan fingerprint density at radius 2 is 1.96 bits per heavy atom. The van der Waals surface area contributed by atoms with Gasteiger partial charge >= 0.3 is 11.9 Å². The van der Waals surface area contributed by atoms with Crippen LogP contribution >= 0.6 is 11.8 Å². The van der Waals surface area contributed by atoms with Crippen molar-refractivity contribution in [2.24, 2.45) is 22.4 Å². The maximum Gasteiger partial charge on any atom is 0.321 e. The monoisotopic (exact) mass is 422 g/mol. The quantitative estimate of drug-likeness (QED) is 0.201. The Kier molecular flexibility index (Phi) is 4.39. The van der Waals surface area contributed by atoms with Crippen LogP contribution in [0.1, 0.15) is 0 Å². The van der Waals surface area contributed by atoms with Gasteiger partial charge in [0.15, 0.2) is 12.1 Å². The average molecular weight is 422 g/mol. The average Bonchev–Trinajstić information content (AvgIpc) is 2.64. The number of aliphatic imine (C=N–C) groups is 1. The number of nitrogens with zero attached hydrogens (tertiary/aromatic N) is 1. The largest absolute Gasteiger partial charge is 0.480 e. The number of guanidine groups is 1. The summed E-state index contributed by atoms with van der Waals surface area (Å²) >= 11 is 0.974. The van der Waals surface area contributed by atoms with Gasteiger partial charge < -0.3 is 56.9 Å². The number of carbonyl (C=O) groups is 1. The zero-order chi connectivity index (χ0) is 20.6. The van der Waals surface area contributed by atoms with E-state index in [-0.39, 0.29) is 11.7 Å². The number of aliphatic hydroxyl groups is 5. The van der Waals surface area contributed by atoms with Gasteiger partial charge in [0.05, 0.1) is 6.61 Å². The molecular formula is C14H22N4O9S. The van der Waals surface area contributed by atoms with Crippen LogP contribution in [0.2, 0.25) is 0 Å². The summed E-state index contributed by atoms with van der Waals surface area (Å²) in [6, 6.07) is -1.22. The molecule has 4 bridgehead atoms. The van der Waals surface area contributed by atoms with E-state index in [0.717, 1.165) is 11.8 Å². The SMILES string of the molecule is NC1=N[C@H](SC[C@H](N)C(=O)O)[C@H]2[C@H]3O[C@]4(O)O[C@@H]([C@@H](O)[C@@]2(N1)[C@@H]4O)[C@]3(O)CO. The normalized spacial score (nSPS) is 52.6. The molecule has 4 aliphatic heterocycles. The Morgan fingerprint density at radius 1 is 1.32 bits per heavy atom. The zero-order valence-electron chi connectivity index (χ0n) is 14.4. The Hall–Kier alpha value is -1.23. The van der Waals surface area contributed by atoms with Gasteiger partial charge in [0, 0.05) is 11.7 Å². The van der Waals surface area contributed by atoms with Crippen LogP contribution in [0, 0.1) is 5.92 Å². The summed E-state index contributed by atoms with van der Waals surface area (Å²) in [5, 5.41) is 63.9. The molecule has 10 atom stereocenters. The number of aliphatic hydroxyl groups excluding tert-OH is 3. The molecule has 14 heteroatoms. The van der Waals surface area contributed by atoms with Crippen molar-refractivity contribution in [1.82, 2.24) is 5.32 Å². The van der Waals surface area contributed by atoms with Gasteiger partial charge in [-0.1, -0.05) is 0 Å². The van der Waals surface area contributed by atoms with Crippen LogP contribution in [0.25, 0.3) is 0 Å². The summed E-state index contributed by atoms with van der Waals surface area (Å²) in [5.74, 6) is -5.07. The first-order chi connectivity index (χ1) is 13.0. The first-order valence-corrected chi connectivity index (χ1v) is 9.55. The van der Waals surface area contributed by atoms with Gasteiger partial charge in [0.1, 0.15) is 40.9 Å². The van der Waals surface area contributed by atoms with Crippen LogP contribution in [-0.4, -0.2) is 108 Å². The molecule has 13 nitrogen and oxygen atoms in total. The second-order valence-corrected chi connectivity index (χ2v) is 8.62. The molecule has 1 spiro atoms. The second-order valence-electron chi connectivity index (χ2n) is 7.47. The van der Waals surface area contributed by atoms with Crippen molar-refractivity contribution in [3.8, 4) is 0 Å². The van der Waals surface area contributed by atoms with Crippen molar-refractivity contribution in [3.05, 3.63) is 0 Å². The summed E-state index contributed by atoms with van der Waals surface area (Å²) in [7, 11) is 0. The minimum atomic E-state index is -2.55. The van der Waals surface area contributed by atoms with Crippen molar-refractivity contribution < 1.29 is 44.9 Å². The number of aliphatic carboxylic acids is 1. The van der Waals surface area contributed by atoms with E-state index in [9.17, 15) is 30.3 Å². The number of hydrogen-bond donors (Lipinski definition) is 9. The smallest absolute Gasteiger partial charge is 0.321 e. The highest BCUT2D eigenvalue weighted by Crippen LogP contribution is 2.59. The molecule has 0 aromatic rings. The molecule has 0 aromatic carbocycles. The summed E-state index contributed by atoms with van der Waals surface area (Å²) in [4.78, 5) is 15.2. The molecule has 28 heavy (non-hydrogen) atoms. The van der Waals surface area contributed by atoms with Crippen LogP contribution in [0.15, 0.2) is 4.99 Å². The molecular weight excluding hydrogens is 400 g/mol. The van der Waals surface area contributed by atoms with Crippen LogP contribution in [-0.2, 0) is 14.3 Å². The van der Waals surface area contributed by atoms with E-state index >= 15 is 0 Å². The lowest BCUT2D eigenvalue weighted by atomic mass is 9.55. The Bertz CT molecular complexity index is 729. The van der Waals surface area contributed by atoms with Gasteiger partial charge in [-0.15, -0.1) is 11.8 Å². The van der Waals surface area contributed by atoms with E-state index in [1.165, 1.54) is 0 Å². The fraction of sp³-hybridized carbons (Fsp3) is 0.857. The summed E-state index contributed by atoms with van der Waals surface area (Å²) in [5.41, 5.74) is 7.54. The van der Waals surface area contributed by atoms with Gasteiger partial charge in [0.2, 0.25) is 0 Å².